The predicted molar refractivity (Wildman–Crippen MR) is 69.7 cm³/mol. The third kappa shape index (κ3) is 2.93. The SMILES string of the molecule is COCCCNC(=O)c1oc2ccc(F)cc2c1C. The molecule has 0 aliphatic carbocycles. The van der Waals surface area contributed by atoms with Crippen molar-refractivity contribution in [1.82, 2.24) is 5.32 Å². The van der Waals surface area contributed by atoms with Crippen LogP contribution in [-0.2, 0) is 4.74 Å². The third-order valence-corrected chi connectivity index (χ3v) is 2.92. The van der Waals surface area contributed by atoms with E-state index in [4.69, 9.17) is 9.15 Å². The first-order chi connectivity index (χ1) is 9.13. The summed E-state index contributed by atoms with van der Waals surface area (Å²) in [5.74, 6) is -0.397. The van der Waals surface area contributed by atoms with Gasteiger partial charge in [-0.15, -0.1) is 0 Å². The summed E-state index contributed by atoms with van der Waals surface area (Å²) in [4.78, 5) is 11.9. The molecule has 1 N–H and O–H groups in total. The molecule has 1 aromatic heterocycles. The molecule has 0 atom stereocenters. The summed E-state index contributed by atoms with van der Waals surface area (Å²) in [6.45, 7) is 2.84. The number of methoxy groups -OCH3 is 1. The van der Waals surface area contributed by atoms with E-state index in [9.17, 15) is 9.18 Å². The highest BCUT2D eigenvalue weighted by Gasteiger charge is 2.17. The first kappa shape index (κ1) is 13.5. The second kappa shape index (κ2) is 5.84. The van der Waals surface area contributed by atoms with Gasteiger partial charge in [-0.3, -0.25) is 4.79 Å². The Morgan fingerprint density at radius 2 is 2.26 bits per heavy atom. The lowest BCUT2D eigenvalue weighted by molar-refractivity contribution is 0.0922. The fraction of sp³-hybridized carbons (Fsp3) is 0.357. The molecular weight excluding hydrogens is 249 g/mol. The number of halogens is 1. The minimum absolute atomic E-state index is 0.234. The van der Waals surface area contributed by atoms with Gasteiger partial charge in [0.1, 0.15) is 11.4 Å². The Labute approximate surface area is 110 Å². The lowest BCUT2D eigenvalue weighted by atomic mass is 10.1. The molecular formula is C14H16FNO3. The van der Waals surface area contributed by atoms with Crippen LogP contribution in [0.25, 0.3) is 11.0 Å². The fourth-order valence-corrected chi connectivity index (χ4v) is 1.91. The number of furan rings is 1. The fourth-order valence-electron chi connectivity index (χ4n) is 1.91. The molecule has 1 heterocycles. The van der Waals surface area contributed by atoms with Gasteiger partial charge >= 0.3 is 0 Å². The Morgan fingerprint density at radius 1 is 1.47 bits per heavy atom. The van der Waals surface area contributed by atoms with E-state index in [2.05, 4.69) is 5.32 Å². The number of nitrogens with one attached hydrogen (secondary N) is 1. The molecule has 102 valence electrons. The van der Waals surface area contributed by atoms with Crippen molar-refractivity contribution in [2.45, 2.75) is 13.3 Å². The number of ether oxygens (including phenoxy) is 1. The molecule has 19 heavy (non-hydrogen) atoms. The van der Waals surface area contributed by atoms with Crippen molar-refractivity contribution in [1.29, 1.82) is 0 Å². The maximum atomic E-state index is 13.2. The first-order valence-corrected chi connectivity index (χ1v) is 6.09. The highest BCUT2D eigenvalue weighted by Crippen LogP contribution is 2.25. The van der Waals surface area contributed by atoms with Crippen LogP contribution in [-0.4, -0.2) is 26.2 Å². The molecule has 0 fully saturated rings. The van der Waals surface area contributed by atoms with Gasteiger partial charge < -0.3 is 14.5 Å². The molecule has 2 aromatic rings. The van der Waals surface area contributed by atoms with Gasteiger partial charge in [0.15, 0.2) is 5.76 Å². The van der Waals surface area contributed by atoms with Crippen LogP contribution in [0.2, 0.25) is 0 Å². The molecule has 1 amide bonds. The molecule has 0 unspecified atom stereocenters. The first-order valence-electron chi connectivity index (χ1n) is 6.09. The average Bonchev–Trinajstić information content (AvgIpc) is 2.72. The van der Waals surface area contributed by atoms with Gasteiger partial charge in [-0.2, -0.15) is 0 Å². The van der Waals surface area contributed by atoms with E-state index in [1.807, 2.05) is 0 Å². The summed E-state index contributed by atoms with van der Waals surface area (Å²) in [5, 5.41) is 3.37. The number of carbonyl (C=O) groups excluding carboxylic acids is 1. The second-order valence-electron chi connectivity index (χ2n) is 4.30. The van der Waals surface area contributed by atoms with Crippen LogP contribution in [0.4, 0.5) is 4.39 Å². The minimum Gasteiger partial charge on any atom is -0.451 e. The Hall–Kier alpha value is -1.88. The highest BCUT2D eigenvalue weighted by molar-refractivity contribution is 5.98. The van der Waals surface area contributed by atoms with Crippen molar-refractivity contribution in [2.75, 3.05) is 20.3 Å². The van der Waals surface area contributed by atoms with Crippen molar-refractivity contribution < 1.29 is 18.3 Å². The molecule has 0 radical (unpaired) electrons. The Morgan fingerprint density at radius 3 is 3.00 bits per heavy atom. The van der Waals surface area contributed by atoms with Crippen LogP contribution in [0, 0.1) is 12.7 Å². The molecule has 0 saturated carbocycles. The summed E-state index contributed by atoms with van der Waals surface area (Å²) < 4.78 is 23.5. The van der Waals surface area contributed by atoms with E-state index in [0.29, 0.717) is 29.7 Å². The van der Waals surface area contributed by atoms with Crippen LogP contribution in [0.1, 0.15) is 22.5 Å². The predicted octanol–water partition coefficient (Wildman–Crippen LogP) is 2.65. The number of benzene rings is 1. The molecule has 4 nitrogen and oxygen atoms in total. The number of fused-ring (bicyclic) bond motifs is 1. The summed E-state index contributed by atoms with van der Waals surface area (Å²) >= 11 is 0. The Bertz CT molecular complexity index is 592. The largest absolute Gasteiger partial charge is 0.451 e. The zero-order valence-electron chi connectivity index (χ0n) is 11.0. The number of amides is 1. The summed E-state index contributed by atoms with van der Waals surface area (Å²) in [6, 6.07) is 4.21. The Kier molecular flexibility index (Phi) is 4.16. The van der Waals surface area contributed by atoms with Crippen molar-refractivity contribution >= 4 is 16.9 Å². The lowest BCUT2D eigenvalue weighted by Crippen LogP contribution is -2.25. The van der Waals surface area contributed by atoms with Gasteiger partial charge in [0, 0.05) is 31.2 Å². The zero-order valence-corrected chi connectivity index (χ0v) is 11.0. The zero-order chi connectivity index (χ0) is 13.8. The molecule has 1 aromatic carbocycles. The maximum absolute atomic E-state index is 13.2. The summed E-state index contributed by atoms with van der Waals surface area (Å²) in [7, 11) is 1.61. The number of carbonyl (C=O) groups is 1. The van der Waals surface area contributed by atoms with Gasteiger partial charge in [0.25, 0.3) is 5.91 Å². The van der Waals surface area contributed by atoms with Gasteiger partial charge in [-0.25, -0.2) is 4.39 Å². The molecule has 0 aliphatic heterocycles. The van der Waals surface area contributed by atoms with E-state index in [1.165, 1.54) is 18.2 Å². The van der Waals surface area contributed by atoms with Gasteiger partial charge in [-0.05, 0) is 31.5 Å². The standard InChI is InChI=1S/C14H16FNO3/c1-9-11-8-10(15)4-5-12(11)19-13(9)14(17)16-6-3-7-18-2/h4-5,8H,3,6-7H2,1-2H3,(H,16,17). The van der Waals surface area contributed by atoms with E-state index in [1.54, 1.807) is 14.0 Å². The summed E-state index contributed by atoms with van der Waals surface area (Å²) in [5.41, 5.74) is 1.17. The van der Waals surface area contributed by atoms with Crippen LogP contribution in [0.5, 0.6) is 0 Å². The molecule has 5 heteroatoms. The molecule has 0 saturated heterocycles. The maximum Gasteiger partial charge on any atom is 0.287 e. The quantitative estimate of drug-likeness (QED) is 0.845. The number of hydrogen-bond donors (Lipinski definition) is 1. The van der Waals surface area contributed by atoms with Gasteiger partial charge in [-0.1, -0.05) is 0 Å². The monoisotopic (exact) mass is 265 g/mol. The molecule has 0 aliphatic rings. The van der Waals surface area contributed by atoms with Crippen LogP contribution in [0.3, 0.4) is 0 Å². The minimum atomic E-state index is -0.344. The van der Waals surface area contributed by atoms with Gasteiger partial charge in [0.2, 0.25) is 0 Å². The number of hydrogen-bond acceptors (Lipinski definition) is 3. The number of rotatable bonds is 5. The van der Waals surface area contributed by atoms with Crippen LogP contribution in [0.15, 0.2) is 22.6 Å². The average molecular weight is 265 g/mol. The lowest BCUT2D eigenvalue weighted by Gasteiger charge is -2.02. The highest BCUT2D eigenvalue weighted by atomic mass is 19.1. The van der Waals surface area contributed by atoms with Crippen molar-refractivity contribution in [3.8, 4) is 0 Å². The van der Waals surface area contributed by atoms with Crippen LogP contribution < -0.4 is 5.32 Å². The van der Waals surface area contributed by atoms with E-state index in [0.717, 1.165) is 6.42 Å². The van der Waals surface area contributed by atoms with E-state index >= 15 is 0 Å². The van der Waals surface area contributed by atoms with Crippen molar-refractivity contribution in [3.63, 3.8) is 0 Å². The second-order valence-corrected chi connectivity index (χ2v) is 4.30. The normalized spacial score (nSPS) is 10.9. The summed E-state index contributed by atoms with van der Waals surface area (Å²) in [6.07, 6.45) is 0.732. The topological polar surface area (TPSA) is 51.5 Å². The van der Waals surface area contributed by atoms with E-state index < -0.39 is 0 Å². The van der Waals surface area contributed by atoms with Crippen molar-refractivity contribution in [2.24, 2.45) is 0 Å². The smallest absolute Gasteiger partial charge is 0.287 e. The molecule has 2 rings (SSSR count). The molecule has 0 bridgehead atoms. The van der Waals surface area contributed by atoms with Crippen LogP contribution >= 0.6 is 0 Å². The number of aryl methyl sites for hydroxylation is 1. The third-order valence-electron chi connectivity index (χ3n) is 2.92. The van der Waals surface area contributed by atoms with Crippen molar-refractivity contribution in [3.05, 3.63) is 35.3 Å². The Balaban J connectivity index is 2.16. The molecule has 0 spiro atoms. The van der Waals surface area contributed by atoms with E-state index in [-0.39, 0.29) is 17.5 Å². The van der Waals surface area contributed by atoms with Gasteiger partial charge in [0.05, 0.1) is 0 Å².